The summed E-state index contributed by atoms with van der Waals surface area (Å²) in [5.41, 5.74) is 9.96. The Kier molecular flexibility index (Phi) is 4.61. The van der Waals surface area contributed by atoms with E-state index in [0.717, 1.165) is 0 Å². The molecule has 0 aliphatic carbocycles. The van der Waals surface area contributed by atoms with Crippen LogP contribution >= 0.6 is 0 Å². The highest BCUT2D eigenvalue weighted by Crippen LogP contribution is 2.42. The predicted octanol–water partition coefficient (Wildman–Crippen LogP) is 11.9. The Morgan fingerprint density at radius 3 is 1.67 bits per heavy atom. The molecule has 11 rings (SSSR count). The second-order valence-corrected chi connectivity index (χ2v) is 12.6. The second kappa shape index (κ2) is 8.74. The monoisotopic (exact) mass is 582 g/mol. The number of nitrogens with zero attached hydrogens (tertiary/aromatic N) is 2. The first kappa shape index (κ1) is 24.2. The summed E-state index contributed by atoms with van der Waals surface area (Å²) in [6.45, 7) is 0. The summed E-state index contributed by atoms with van der Waals surface area (Å²) in [6, 6.07) is 58.3. The molecule has 0 atom stereocenters. The van der Waals surface area contributed by atoms with E-state index in [0.29, 0.717) is 0 Å². The molecule has 3 heterocycles. The lowest BCUT2D eigenvalue weighted by atomic mass is 9.98. The first-order valence-electron chi connectivity index (χ1n) is 15.9. The van der Waals surface area contributed by atoms with Crippen molar-refractivity contribution in [1.82, 2.24) is 8.97 Å². The summed E-state index contributed by atoms with van der Waals surface area (Å²) >= 11 is 0. The molecule has 3 aromatic heterocycles. The molecule has 8 aromatic carbocycles. The molecule has 2 nitrogen and oxygen atoms in total. The molecule has 0 amide bonds. The van der Waals surface area contributed by atoms with Crippen molar-refractivity contribution < 1.29 is 0 Å². The first-order chi connectivity index (χ1) is 22.8. The lowest BCUT2D eigenvalue weighted by Gasteiger charge is -2.09. The van der Waals surface area contributed by atoms with Gasteiger partial charge in [0.1, 0.15) is 0 Å². The van der Waals surface area contributed by atoms with E-state index in [-0.39, 0.29) is 0 Å². The van der Waals surface area contributed by atoms with Gasteiger partial charge in [-0.2, -0.15) is 0 Å². The van der Waals surface area contributed by atoms with Gasteiger partial charge in [0.25, 0.3) is 0 Å². The van der Waals surface area contributed by atoms with E-state index in [1.54, 1.807) is 0 Å². The zero-order valence-electron chi connectivity index (χ0n) is 24.9. The fourth-order valence-corrected chi connectivity index (χ4v) is 8.09. The fourth-order valence-electron chi connectivity index (χ4n) is 8.09. The second-order valence-electron chi connectivity index (χ2n) is 12.6. The largest absolute Gasteiger partial charge is 0.309 e. The highest BCUT2D eigenvalue weighted by Gasteiger charge is 2.19. The molecule has 2 heteroatoms. The SMILES string of the molecule is c1ccc(-n2c3ccccc3c3cc(-c4ccc5cc6c7cccc8c9cc%10ccccc%10cc9n(c6cc5c4)c87)ccc32)cc1. The Balaban J connectivity index is 1.15. The van der Waals surface area contributed by atoms with Gasteiger partial charge in [0.15, 0.2) is 0 Å². The average molecular weight is 583 g/mol. The Hall–Kier alpha value is -6.12. The van der Waals surface area contributed by atoms with E-state index < -0.39 is 0 Å². The van der Waals surface area contributed by atoms with Crippen LogP contribution in [-0.2, 0) is 0 Å². The van der Waals surface area contributed by atoms with Crippen molar-refractivity contribution in [1.29, 1.82) is 0 Å². The average Bonchev–Trinajstić information content (AvgIpc) is 3.74. The Morgan fingerprint density at radius 1 is 0.304 bits per heavy atom. The number of rotatable bonds is 2. The van der Waals surface area contributed by atoms with Crippen molar-refractivity contribution in [2.24, 2.45) is 0 Å². The van der Waals surface area contributed by atoms with Crippen LogP contribution < -0.4 is 0 Å². The minimum absolute atomic E-state index is 1.18. The van der Waals surface area contributed by atoms with Crippen LogP contribution in [-0.4, -0.2) is 8.97 Å². The molecular weight excluding hydrogens is 556 g/mol. The summed E-state index contributed by atoms with van der Waals surface area (Å²) in [7, 11) is 0. The maximum atomic E-state index is 2.50. The van der Waals surface area contributed by atoms with E-state index in [2.05, 4.69) is 167 Å². The van der Waals surface area contributed by atoms with Gasteiger partial charge < -0.3 is 8.97 Å². The first-order valence-corrected chi connectivity index (χ1v) is 15.9. The third-order valence-electron chi connectivity index (χ3n) is 10.2. The third-order valence-corrected chi connectivity index (χ3v) is 10.2. The molecule has 0 spiro atoms. The van der Waals surface area contributed by atoms with Gasteiger partial charge >= 0.3 is 0 Å². The topological polar surface area (TPSA) is 9.34 Å². The Labute approximate surface area is 264 Å². The number of hydrogen-bond donors (Lipinski definition) is 0. The van der Waals surface area contributed by atoms with E-state index in [9.17, 15) is 0 Å². The minimum atomic E-state index is 1.18. The van der Waals surface area contributed by atoms with Gasteiger partial charge in [-0.15, -0.1) is 0 Å². The molecule has 0 fully saturated rings. The van der Waals surface area contributed by atoms with Gasteiger partial charge in [-0.05, 0) is 93.3 Å². The fraction of sp³-hybridized carbons (Fsp3) is 0. The summed E-state index contributed by atoms with van der Waals surface area (Å²) in [5.74, 6) is 0. The molecule has 0 radical (unpaired) electrons. The zero-order valence-corrected chi connectivity index (χ0v) is 24.9. The molecule has 0 aliphatic rings. The van der Waals surface area contributed by atoms with Crippen molar-refractivity contribution in [3.05, 3.63) is 158 Å². The lowest BCUT2D eigenvalue weighted by Crippen LogP contribution is -1.92. The van der Waals surface area contributed by atoms with Crippen LogP contribution in [0.5, 0.6) is 0 Å². The molecule has 46 heavy (non-hydrogen) atoms. The highest BCUT2D eigenvalue weighted by atomic mass is 15.0. The maximum absolute atomic E-state index is 2.50. The van der Waals surface area contributed by atoms with Crippen molar-refractivity contribution in [2.45, 2.75) is 0 Å². The molecule has 212 valence electrons. The van der Waals surface area contributed by atoms with Crippen molar-refractivity contribution >= 4 is 81.4 Å². The van der Waals surface area contributed by atoms with Crippen LogP contribution in [0, 0.1) is 0 Å². The van der Waals surface area contributed by atoms with E-state index in [4.69, 9.17) is 0 Å². The van der Waals surface area contributed by atoms with Crippen molar-refractivity contribution in [3.63, 3.8) is 0 Å². The third kappa shape index (κ3) is 3.15. The Morgan fingerprint density at radius 2 is 0.870 bits per heavy atom. The summed E-state index contributed by atoms with van der Waals surface area (Å²) in [5, 5.41) is 12.9. The van der Waals surface area contributed by atoms with Gasteiger partial charge in [0, 0.05) is 38.0 Å². The van der Waals surface area contributed by atoms with Crippen LogP contribution in [0.25, 0.3) is 98.3 Å². The Bertz CT molecular complexity index is 3010. The maximum Gasteiger partial charge on any atom is 0.0620 e. The molecule has 0 unspecified atom stereocenters. The molecular formula is C44H26N2. The molecule has 0 saturated carbocycles. The van der Waals surface area contributed by atoms with Crippen LogP contribution in [0.4, 0.5) is 0 Å². The van der Waals surface area contributed by atoms with E-state index >= 15 is 0 Å². The van der Waals surface area contributed by atoms with Gasteiger partial charge in [-0.25, -0.2) is 0 Å². The van der Waals surface area contributed by atoms with E-state index in [1.807, 2.05) is 0 Å². The van der Waals surface area contributed by atoms with Crippen LogP contribution in [0.2, 0.25) is 0 Å². The van der Waals surface area contributed by atoms with E-state index in [1.165, 1.54) is 98.3 Å². The standard InChI is InChI=1S/C44H26N2/c1-2-11-33(12-3-1)45-40-16-7-6-13-34(40)37-23-30(19-20-41(37)45)29-17-18-31-24-39-36-15-8-14-35-38-22-27-9-4-5-10-28(27)25-42(38)46(44(35)36)43(39)26-32(31)21-29/h1-26H. The van der Waals surface area contributed by atoms with Crippen LogP contribution in [0.3, 0.4) is 0 Å². The summed E-state index contributed by atoms with van der Waals surface area (Å²) < 4.78 is 4.87. The molecule has 0 N–H and O–H groups in total. The molecule has 11 aromatic rings. The number of hydrogen-bond acceptors (Lipinski definition) is 0. The van der Waals surface area contributed by atoms with Crippen LogP contribution in [0.15, 0.2) is 158 Å². The smallest absolute Gasteiger partial charge is 0.0620 e. The summed E-state index contributed by atoms with van der Waals surface area (Å²) in [6.07, 6.45) is 0. The van der Waals surface area contributed by atoms with Crippen molar-refractivity contribution in [2.75, 3.05) is 0 Å². The normalized spacial score (nSPS) is 12.3. The summed E-state index contributed by atoms with van der Waals surface area (Å²) in [4.78, 5) is 0. The predicted molar refractivity (Wildman–Crippen MR) is 196 cm³/mol. The quantitative estimate of drug-likeness (QED) is 0.192. The van der Waals surface area contributed by atoms with Gasteiger partial charge in [0.2, 0.25) is 0 Å². The van der Waals surface area contributed by atoms with Gasteiger partial charge in [-0.1, -0.05) is 97.1 Å². The van der Waals surface area contributed by atoms with Gasteiger partial charge in [0.05, 0.1) is 27.6 Å². The molecule has 0 bridgehead atoms. The number of fused-ring (bicyclic) bond motifs is 11. The minimum Gasteiger partial charge on any atom is -0.309 e. The number of para-hydroxylation sites is 3. The van der Waals surface area contributed by atoms with Crippen LogP contribution in [0.1, 0.15) is 0 Å². The molecule has 0 saturated heterocycles. The number of benzene rings is 8. The number of aromatic nitrogens is 2. The lowest BCUT2D eigenvalue weighted by molar-refractivity contribution is 1.18. The van der Waals surface area contributed by atoms with Gasteiger partial charge in [-0.3, -0.25) is 0 Å². The highest BCUT2D eigenvalue weighted by molar-refractivity contribution is 6.26. The van der Waals surface area contributed by atoms with Crippen molar-refractivity contribution in [3.8, 4) is 16.8 Å². The molecule has 0 aliphatic heterocycles. The zero-order chi connectivity index (χ0) is 29.9.